The Morgan fingerprint density at radius 2 is 2.06 bits per heavy atom. The number of rotatable bonds is 5. The highest BCUT2D eigenvalue weighted by atomic mass is 15.4. The molecule has 4 nitrogen and oxygen atoms in total. The number of nitrogens with zero attached hydrogens (tertiary/aromatic N) is 3. The minimum Gasteiger partial charge on any atom is -0.312 e. The van der Waals surface area contributed by atoms with Crippen LogP contribution in [0.3, 0.4) is 0 Å². The standard InChI is InChI=1S/C13H20N4/c1-4-10(2)14-9-11(3)17-13-8-6-5-7-12(13)15-16-17/h5-8,10-11,14H,4,9H2,1-3H3. The third kappa shape index (κ3) is 2.64. The zero-order valence-electron chi connectivity index (χ0n) is 10.7. The Bertz CT molecular complexity index is 477. The fourth-order valence-corrected chi connectivity index (χ4v) is 1.82. The molecule has 2 unspecified atom stereocenters. The molecule has 4 heteroatoms. The van der Waals surface area contributed by atoms with Gasteiger partial charge in [0.05, 0.1) is 11.6 Å². The van der Waals surface area contributed by atoms with Crippen LogP contribution in [-0.4, -0.2) is 27.6 Å². The van der Waals surface area contributed by atoms with Crippen LogP contribution in [0.25, 0.3) is 11.0 Å². The highest BCUT2D eigenvalue weighted by Gasteiger charge is 2.11. The van der Waals surface area contributed by atoms with Crippen LogP contribution in [0.2, 0.25) is 0 Å². The van der Waals surface area contributed by atoms with Gasteiger partial charge in [-0.25, -0.2) is 4.68 Å². The van der Waals surface area contributed by atoms with Crippen molar-refractivity contribution in [1.82, 2.24) is 20.3 Å². The second-order valence-electron chi connectivity index (χ2n) is 4.59. The fourth-order valence-electron chi connectivity index (χ4n) is 1.82. The number of benzene rings is 1. The number of aromatic nitrogens is 3. The second kappa shape index (κ2) is 5.27. The largest absolute Gasteiger partial charge is 0.312 e. The first-order valence-electron chi connectivity index (χ1n) is 6.25. The van der Waals surface area contributed by atoms with Gasteiger partial charge >= 0.3 is 0 Å². The van der Waals surface area contributed by atoms with E-state index >= 15 is 0 Å². The van der Waals surface area contributed by atoms with Crippen LogP contribution in [0.4, 0.5) is 0 Å². The molecule has 0 aliphatic rings. The van der Waals surface area contributed by atoms with Crippen molar-refractivity contribution in [3.63, 3.8) is 0 Å². The molecule has 0 amide bonds. The Kier molecular flexibility index (Phi) is 3.74. The topological polar surface area (TPSA) is 42.7 Å². The fraction of sp³-hybridized carbons (Fsp3) is 0.538. The molecular weight excluding hydrogens is 212 g/mol. The van der Waals surface area contributed by atoms with Crippen molar-refractivity contribution in [1.29, 1.82) is 0 Å². The van der Waals surface area contributed by atoms with Gasteiger partial charge in [0, 0.05) is 12.6 Å². The van der Waals surface area contributed by atoms with E-state index in [2.05, 4.69) is 42.5 Å². The number of hydrogen-bond donors (Lipinski definition) is 1. The molecule has 17 heavy (non-hydrogen) atoms. The first kappa shape index (κ1) is 12.0. The average Bonchev–Trinajstić information content (AvgIpc) is 2.79. The maximum absolute atomic E-state index is 4.23. The van der Waals surface area contributed by atoms with Crippen molar-refractivity contribution in [3.8, 4) is 0 Å². The Balaban J connectivity index is 2.11. The lowest BCUT2D eigenvalue weighted by atomic mass is 10.2. The minimum absolute atomic E-state index is 0.316. The van der Waals surface area contributed by atoms with E-state index in [-0.39, 0.29) is 0 Å². The van der Waals surface area contributed by atoms with Gasteiger partial charge < -0.3 is 5.32 Å². The van der Waals surface area contributed by atoms with Crippen LogP contribution in [0.5, 0.6) is 0 Å². The van der Waals surface area contributed by atoms with E-state index in [1.54, 1.807) is 0 Å². The summed E-state index contributed by atoms with van der Waals surface area (Å²) in [5, 5.41) is 11.9. The van der Waals surface area contributed by atoms with E-state index in [9.17, 15) is 0 Å². The molecule has 0 spiro atoms. The van der Waals surface area contributed by atoms with E-state index < -0.39 is 0 Å². The zero-order valence-corrected chi connectivity index (χ0v) is 10.7. The van der Waals surface area contributed by atoms with Gasteiger partial charge in [0.2, 0.25) is 0 Å². The van der Waals surface area contributed by atoms with Crippen molar-refractivity contribution in [2.75, 3.05) is 6.54 Å². The van der Waals surface area contributed by atoms with E-state index in [1.165, 1.54) is 0 Å². The molecule has 92 valence electrons. The molecule has 1 heterocycles. The smallest absolute Gasteiger partial charge is 0.113 e. The van der Waals surface area contributed by atoms with Crippen molar-refractivity contribution < 1.29 is 0 Å². The Labute approximate surface area is 102 Å². The lowest BCUT2D eigenvalue weighted by molar-refractivity contribution is 0.420. The molecule has 2 rings (SSSR count). The maximum Gasteiger partial charge on any atom is 0.113 e. The van der Waals surface area contributed by atoms with E-state index in [0.717, 1.165) is 24.0 Å². The Morgan fingerprint density at radius 1 is 1.29 bits per heavy atom. The molecule has 0 radical (unpaired) electrons. The molecule has 0 saturated carbocycles. The SMILES string of the molecule is CCC(C)NCC(C)n1nnc2ccccc21. The third-order valence-corrected chi connectivity index (χ3v) is 3.17. The predicted molar refractivity (Wildman–Crippen MR) is 70.0 cm³/mol. The maximum atomic E-state index is 4.23. The lowest BCUT2D eigenvalue weighted by Gasteiger charge is -2.17. The number of para-hydroxylation sites is 1. The third-order valence-electron chi connectivity index (χ3n) is 3.17. The van der Waals surface area contributed by atoms with Gasteiger partial charge in [-0.2, -0.15) is 0 Å². The van der Waals surface area contributed by atoms with Gasteiger partial charge in [-0.1, -0.05) is 24.3 Å². The van der Waals surface area contributed by atoms with Crippen LogP contribution in [-0.2, 0) is 0 Å². The summed E-state index contributed by atoms with van der Waals surface area (Å²) in [6.07, 6.45) is 1.14. The van der Waals surface area contributed by atoms with Crippen molar-refractivity contribution in [2.45, 2.75) is 39.3 Å². The molecule has 0 saturated heterocycles. The summed E-state index contributed by atoms with van der Waals surface area (Å²) in [4.78, 5) is 0. The Morgan fingerprint density at radius 3 is 2.82 bits per heavy atom. The molecule has 0 fully saturated rings. The molecule has 1 N–H and O–H groups in total. The van der Waals surface area contributed by atoms with Crippen LogP contribution < -0.4 is 5.32 Å². The molecule has 0 aliphatic heterocycles. The predicted octanol–water partition coefficient (Wildman–Crippen LogP) is 2.38. The van der Waals surface area contributed by atoms with E-state index in [4.69, 9.17) is 0 Å². The monoisotopic (exact) mass is 232 g/mol. The van der Waals surface area contributed by atoms with E-state index in [1.807, 2.05) is 22.9 Å². The number of hydrogen-bond acceptors (Lipinski definition) is 3. The van der Waals surface area contributed by atoms with E-state index in [0.29, 0.717) is 12.1 Å². The molecular formula is C13H20N4. The Hall–Kier alpha value is -1.42. The quantitative estimate of drug-likeness (QED) is 0.860. The van der Waals surface area contributed by atoms with Crippen molar-refractivity contribution in [3.05, 3.63) is 24.3 Å². The van der Waals surface area contributed by atoms with Gasteiger partial charge in [0.1, 0.15) is 5.52 Å². The molecule has 1 aromatic carbocycles. The minimum atomic E-state index is 0.316. The molecule has 2 atom stereocenters. The summed E-state index contributed by atoms with van der Waals surface area (Å²) in [6.45, 7) is 7.47. The number of fused-ring (bicyclic) bond motifs is 1. The zero-order chi connectivity index (χ0) is 12.3. The summed E-state index contributed by atoms with van der Waals surface area (Å²) in [5.74, 6) is 0. The summed E-state index contributed by atoms with van der Waals surface area (Å²) < 4.78 is 1.99. The van der Waals surface area contributed by atoms with Gasteiger partial charge in [-0.3, -0.25) is 0 Å². The van der Waals surface area contributed by atoms with Gasteiger partial charge in [-0.15, -0.1) is 5.10 Å². The first-order valence-corrected chi connectivity index (χ1v) is 6.25. The molecule has 0 aliphatic carbocycles. The molecule has 1 aromatic heterocycles. The summed E-state index contributed by atoms with van der Waals surface area (Å²) in [7, 11) is 0. The average molecular weight is 232 g/mol. The molecule has 2 aromatic rings. The van der Waals surface area contributed by atoms with Crippen LogP contribution in [0, 0.1) is 0 Å². The first-order chi connectivity index (χ1) is 8.22. The summed E-state index contributed by atoms with van der Waals surface area (Å²) in [5.41, 5.74) is 2.06. The summed E-state index contributed by atoms with van der Waals surface area (Å²) in [6, 6.07) is 8.94. The highest BCUT2D eigenvalue weighted by molar-refractivity contribution is 5.73. The van der Waals surface area contributed by atoms with Crippen molar-refractivity contribution in [2.24, 2.45) is 0 Å². The second-order valence-corrected chi connectivity index (χ2v) is 4.59. The number of nitrogens with one attached hydrogen (secondary N) is 1. The van der Waals surface area contributed by atoms with Crippen LogP contribution in [0.15, 0.2) is 24.3 Å². The van der Waals surface area contributed by atoms with Crippen LogP contribution >= 0.6 is 0 Å². The van der Waals surface area contributed by atoms with Gasteiger partial charge in [0.25, 0.3) is 0 Å². The van der Waals surface area contributed by atoms with Gasteiger partial charge in [-0.05, 0) is 32.4 Å². The normalized spacial score (nSPS) is 15.0. The van der Waals surface area contributed by atoms with Crippen molar-refractivity contribution >= 4 is 11.0 Å². The highest BCUT2D eigenvalue weighted by Crippen LogP contribution is 2.14. The lowest BCUT2D eigenvalue weighted by Crippen LogP contribution is -2.31. The van der Waals surface area contributed by atoms with Crippen LogP contribution in [0.1, 0.15) is 33.2 Å². The van der Waals surface area contributed by atoms with Gasteiger partial charge in [0.15, 0.2) is 0 Å². The molecule has 0 bridgehead atoms. The summed E-state index contributed by atoms with van der Waals surface area (Å²) >= 11 is 0.